The van der Waals surface area contributed by atoms with Gasteiger partial charge in [0.15, 0.2) is 0 Å². The predicted molar refractivity (Wildman–Crippen MR) is 74.9 cm³/mol. The van der Waals surface area contributed by atoms with Crippen LogP contribution in [0.1, 0.15) is 18.4 Å². The third-order valence-corrected chi connectivity index (χ3v) is 3.52. The van der Waals surface area contributed by atoms with Gasteiger partial charge in [-0.2, -0.15) is 0 Å². The van der Waals surface area contributed by atoms with Gasteiger partial charge < -0.3 is 10.1 Å². The highest BCUT2D eigenvalue weighted by Crippen LogP contribution is 2.17. The highest BCUT2D eigenvalue weighted by Gasteiger charge is 2.32. The summed E-state index contributed by atoms with van der Waals surface area (Å²) in [6.07, 6.45) is 1.68. The molecule has 1 aromatic carbocycles. The number of rotatable bonds is 5. The summed E-state index contributed by atoms with van der Waals surface area (Å²) >= 11 is 0. The van der Waals surface area contributed by atoms with E-state index in [1.807, 2.05) is 35.2 Å². The van der Waals surface area contributed by atoms with Gasteiger partial charge in [0, 0.05) is 6.54 Å². The number of hydrogen-bond donors (Lipinski definition) is 1. The van der Waals surface area contributed by atoms with E-state index in [1.165, 1.54) is 7.11 Å². The van der Waals surface area contributed by atoms with Crippen LogP contribution in [0.3, 0.4) is 0 Å². The normalized spacial score (nSPS) is 18.8. The van der Waals surface area contributed by atoms with Crippen LogP contribution in [-0.2, 0) is 20.9 Å². The molecule has 1 amide bonds. The van der Waals surface area contributed by atoms with E-state index in [-0.39, 0.29) is 24.5 Å². The fourth-order valence-corrected chi connectivity index (χ4v) is 2.46. The summed E-state index contributed by atoms with van der Waals surface area (Å²) in [5, 5.41) is 2.87. The molecule has 1 aliphatic rings. The zero-order valence-electron chi connectivity index (χ0n) is 11.7. The van der Waals surface area contributed by atoms with E-state index < -0.39 is 0 Å². The average Bonchev–Trinajstić information content (AvgIpc) is 2.93. The van der Waals surface area contributed by atoms with Crippen LogP contribution in [-0.4, -0.2) is 43.0 Å². The maximum Gasteiger partial charge on any atom is 0.323 e. The molecule has 108 valence electrons. The molecule has 0 radical (unpaired) electrons. The van der Waals surface area contributed by atoms with Crippen molar-refractivity contribution in [3.05, 3.63) is 35.9 Å². The zero-order valence-corrected chi connectivity index (χ0v) is 11.7. The molecule has 1 heterocycles. The van der Waals surface area contributed by atoms with Gasteiger partial charge in [-0.15, -0.1) is 0 Å². The molecule has 1 aromatic rings. The zero-order chi connectivity index (χ0) is 14.4. The Morgan fingerprint density at radius 2 is 2.10 bits per heavy atom. The minimum absolute atomic E-state index is 0.0651. The number of esters is 1. The topological polar surface area (TPSA) is 58.6 Å². The summed E-state index contributed by atoms with van der Waals surface area (Å²) in [6, 6.07) is 9.48. The Morgan fingerprint density at radius 3 is 2.80 bits per heavy atom. The molecule has 0 bridgehead atoms. The Balaban J connectivity index is 1.80. The van der Waals surface area contributed by atoms with Crippen LogP contribution in [0.25, 0.3) is 0 Å². The van der Waals surface area contributed by atoms with E-state index in [1.54, 1.807) is 0 Å². The van der Waals surface area contributed by atoms with E-state index >= 15 is 0 Å². The molecule has 1 fully saturated rings. The lowest BCUT2D eigenvalue weighted by atomic mass is 10.2. The van der Waals surface area contributed by atoms with Crippen molar-refractivity contribution < 1.29 is 14.3 Å². The number of nitrogens with zero attached hydrogens (tertiary/aromatic N) is 1. The predicted octanol–water partition coefficient (Wildman–Crippen LogP) is 0.940. The van der Waals surface area contributed by atoms with Crippen molar-refractivity contribution in [1.29, 1.82) is 0 Å². The van der Waals surface area contributed by atoms with Gasteiger partial charge in [-0.05, 0) is 24.9 Å². The van der Waals surface area contributed by atoms with Crippen LogP contribution in [0.15, 0.2) is 30.3 Å². The second-order valence-electron chi connectivity index (χ2n) is 4.91. The maximum atomic E-state index is 11.9. The molecule has 20 heavy (non-hydrogen) atoms. The van der Waals surface area contributed by atoms with Crippen LogP contribution in [0.4, 0.5) is 0 Å². The summed E-state index contributed by atoms with van der Waals surface area (Å²) in [6.45, 7) is 1.52. The van der Waals surface area contributed by atoms with Crippen LogP contribution < -0.4 is 5.32 Å². The standard InChI is InChI=1S/C15H20N2O3/c1-20-15(19)13-8-5-9-17(13)11-14(18)16-10-12-6-3-2-4-7-12/h2-4,6-7,13H,5,8-11H2,1H3,(H,16,18). The fourth-order valence-electron chi connectivity index (χ4n) is 2.46. The molecule has 0 spiro atoms. The molecule has 5 nitrogen and oxygen atoms in total. The van der Waals surface area contributed by atoms with Gasteiger partial charge in [-0.3, -0.25) is 14.5 Å². The summed E-state index contributed by atoms with van der Waals surface area (Å²) in [5.41, 5.74) is 1.06. The minimum atomic E-state index is -0.275. The Morgan fingerprint density at radius 1 is 1.35 bits per heavy atom. The van der Waals surface area contributed by atoms with Crippen LogP contribution in [0, 0.1) is 0 Å². The number of carbonyl (C=O) groups is 2. The number of ether oxygens (including phenoxy) is 1. The lowest BCUT2D eigenvalue weighted by Gasteiger charge is -2.21. The highest BCUT2D eigenvalue weighted by atomic mass is 16.5. The van der Waals surface area contributed by atoms with Gasteiger partial charge in [0.25, 0.3) is 0 Å². The van der Waals surface area contributed by atoms with Gasteiger partial charge in [0.2, 0.25) is 5.91 Å². The molecule has 1 unspecified atom stereocenters. The fraction of sp³-hybridized carbons (Fsp3) is 0.467. The van der Waals surface area contributed by atoms with Crippen molar-refractivity contribution >= 4 is 11.9 Å². The molecule has 1 N–H and O–H groups in total. The quantitative estimate of drug-likeness (QED) is 0.813. The van der Waals surface area contributed by atoms with Crippen LogP contribution in [0.5, 0.6) is 0 Å². The Bertz CT molecular complexity index is 461. The summed E-state index contributed by atoms with van der Waals surface area (Å²) in [7, 11) is 1.38. The first kappa shape index (κ1) is 14.5. The largest absolute Gasteiger partial charge is 0.468 e. The lowest BCUT2D eigenvalue weighted by molar-refractivity contribution is -0.146. The van der Waals surface area contributed by atoms with Gasteiger partial charge >= 0.3 is 5.97 Å². The summed E-state index contributed by atoms with van der Waals surface area (Å²) in [5.74, 6) is -0.317. The minimum Gasteiger partial charge on any atom is -0.468 e. The van der Waals surface area contributed by atoms with E-state index in [0.717, 1.165) is 24.9 Å². The second kappa shape index (κ2) is 7.05. The number of amides is 1. The molecular weight excluding hydrogens is 256 g/mol. The van der Waals surface area contributed by atoms with Crippen molar-refractivity contribution in [1.82, 2.24) is 10.2 Å². The van der Waals surface area contributed by atoms with Crippen molar-refractivity contribution in [2.24, 2.45) is 0 Å². The molecule has 0 saturated carbocycles. The van der Waals surface area contributed by atoms with Crippen molar-refractivity contribution in [3.8, 4) is 0 Å². The van der Waals surface area contributed by atoms with Crippen molar-refractivity contribution in [2.75, 3.05) is 20.2 Å². The van der Waals surface area contributed by atoms with Gasteiger partial charge in [0.1, 0.15) is 6.04 Å². The second-order valence-corrected chi connectivity index (χ2v) is 4.91. The number of carbonyl (C=O) groups excluding carboxylic acids is 2. The maximum absolute atomic E-state index is 11.9. The highest BCUT2D eigenvalue weighted by molar-refractivity contribution is 5.80. The molecule has 0 aromatic heterocycles. The van der Waals surface area contributed by atoms with Crippen molar-refractivity contribution in [3.63, 3.8) is 0 Å². The molecule has 2 rings (SSSR count). The monoisotopic (exact) mass is 276 g/mol. The molecule has 0 aliphatic carbocycles. The van der Waals surface area contributed by atoms with E-state index in [2.05, 4.69) is 5.32 Å². The van der Waals surface area contributed by atoms with E-state index in [9.17, 15) is 9.59 Å². The van der Waals surface area contributed by atoms with Gasteiger partial charge in [-0.1, -0.05) is 30.3 Å². The first-order chi connectivity index (χ1) is 9.70. The van der Waals surface area contributed by atoms with Gasteiger partial charge in [-0.25, -0.2) is 0 Å². The van der Waals surface area contributed by atoms with Crippen LogP contribution >= 0.6 is 0 Å². The number of methoxy groups -OCH3 is 1. The molecule has 5 heteroatoms. The van der Waals surface area contributed by atoms with Crippen molar-refractivity contribution in [2.45, 2.75) is 25.4 Å². The number of nitrogens with one attached hydrogen (secondary N) is 1. The molecule has 1 aliphatic heterocycles. The van der Waals surface area contributed by atoms with E-state index in [0.29, 0.717) is 6.54 Å². The number of benzene rings is 1. The number of hydrogen-bond acceptors (Lipinski definition) is 4. The first-order valence-corrected chi connectivity index (χ1v) is 6.83. The number of likely N-dealkylation sites (tertiary alicyclic amines) is 1. The molecule has 1 saturated heterocycles. The smallest absolute Gasteiger partial charge is 0.323 e. The Hall–Kier alpha value is -1.88. The summed E-state index contributed by atoms with van der Waals surface area (Å²) in [4.78, 5) is 25.4. The molecule has 1 atom stereocenters. The van der Waals surface area contributed by atoms with Gasteiger partial charge in [0.05, 0.1) is 13.7 Å². The molecular formula is C15H20N2O3. The average molecular weight is 276 g/mol. The third kappa shape index (κ3) is 3.81. The first-order valence-electron chi connectivity index (χ1n) is 6.83. The van der Waals surface area contributed by atoms with Crippen LogP contribution in [0.2, 0.25) is 0 Å². The lowest BCUT2D eigenvalue weighted by Crippen LogP contribution is -2.43. The third-order valence-electron chi connectivity index (χ3n) is 3.52. The SMILES string of the molecule is COC(=O)C1CCCN1CC(=O)NCc1ccccc1. The summed E-state index contributed by atoms with van der Waals surface area (Å²) < 4.78 is 4.76. The van der Waals surface area contributed by atoms with E-state index in [4.69, 9.17) is 4.74 Å². The Kier molecular flexibility index (Phi) is 5.12. The Labute approximate surface area is 118 Å².